The molecule has 0 saturated carbocycles. The van der Waals surface area contributed by atoms with Crippen molar-refractivity contribution in [2.24, 2.45) is 5.92 Å². The Morgan fingerprint density at radius 1 is 1.22 bits per heavy atom. The number of nitriles is 1. The summed E-state index contributed by atoms with van der Waals surface area (Å²) in [6, 6.07) is 9.44. The maximum atomic E-state index is 8.81. The van der Waals surface area contributed by atoms with Crippen LogP contribution in [0.15, 0.2) is 36.7 Å². The van der Waals surface area contributed by atoms with Gasteiger partial charge in [0.05, 0.1) is 29.9 Å². The summed E-state index contributed by atoms with van der Waals surface area (Å²) in [5.41, 5.74) is 2.51. The second-order valence-corrected chi connectivity index (χ2v) is 5.80. The summed E-state index contributed by atoms with van der Waals surface area (Å²) in [5.74, 6) is 1.09. The first kappa shape index (κ1) is 14.9. The molecule has 0 amide bonds. The van der Waals surface area contributed by atoms with Gasteiger partial charge in [-0.05, 0) is 28.8 Å². The smallest absolute Gasteiger partial charge is 0.208 e. The molecule has 1 aromatic carbocycles. The highest BCUT2D eigenvalue weighted by Gasteiger charge is 2.09. The van der Waals surface area contributed by atoms with Gasteiger partial charge in [-0.1, -0.05) is 26.0 Å². The molecule has 2 aromatic heterocycles. The van der Waals surface area contributed by atoms with Crippen molar-refractivity contribution < 1.29 is 0 Å². The lowest BCUT2D eigenvalue weighted by Crippen LogP contribution is -2.04. The zero-order valence-corrected chi connectivity index (χ0v) is 13.1. The number of tetrazole rings is 1. The van der Waals surface area contributed by atoms with Crippen molar-refractivity contribution in [3.8, 4) is 17.5 Å². The van der Waals surface area contributed by atoms with E-state index in [0.29, 0.717) is 23.9 Å². The van der Waals surface area contributed by atoms with Crippen LogP contribution in [0.4, 0.5) is 0 Å². The van der Waals surface area contributed by atoms with E-state index in [-0.39, 0.29) is 0 Å². The van der Waals surface area contributed by atoms with E-state index in [2.05, 4.69) is 40.4 Å². The van der Waals surface area contributed by atoms with Gasteiger partial charge in [-0.15, -0.1) is 10.2 Å². The summed E-state index contributed by atoms with van der Waals surface area (Å²) < 4.78 is 1.89. The van der Waals surface area contributed by atoms with E-state index in [1.165, 1.54) is 4.80 Å². The average molecular weight is 307 g/mol. The SMILES string of the molecule is CC(C)Cn1cc(-c2nnn(Cc3ccc(C#N)cc3)n2)cn1. The van der Waals surface area contributed by atoms with Gasteiger partial charge in [0, 0.05) is 12.7 Å². The minimum Gasteiger partial charge on any atom is -0.272 e. The van der Waals surface area contributed by atoms with Crippen LogP contribution >= 0.6 is 0 Å². The molecule has 0 spiro atoms. The molecule has 0 aliphatic carbocycles. The molecule has 23 heavy (non-hydrogen) atoms. The zero-order valence-electron chi connectivity index (χ0n) is 13.1. The highest BCUT2D eigenvalue weighted by atomic mass is 15.6. The molecule has 0 N–H and O–H groups in total. The third kappa shape index (κ3) is 3.61. The Hall–Kier alpha value is -3.01. The van der Waals surface area contributed by atoms with Gasteiger partial charge in [0.25, 0.3) is 0 Å². The van der Waals surface area contributed by atoms with Gasteiger partial charge in [0.1, 0.15) is 0 Å². The second kappa shape index (κ2) is 6.40. The van der Waals surface area contributed by atoms with E-state index in [1.54, 1.807) is 18.3 Å². The largest absolute Gasteiger partial charge is 0.272 e. The van der Waals surface area contributed by atoms with Crippen molar-refractivity contribution in [2.75, 3.05) is 0 Å². The number of hydrogen-bond acceptors (Lipinski definition) is 5. The Bertz CT molecular complexity index is 821. The molecule has 0 unspecified atom stereocenters. The van der Waals surface area contributed by atoms with Gasteiger partial charge in [0.2, 0.25) is 5.82 Å². The highest BCUT2D eigenvalue weighted by molar-refractivity contribution is 5.50. The van der Waals surface area contributed by atoms with E-state index in [4.69, 9.17) is 5.26 Å². The first-order chi connectivity index (χ1) is 11.1. The van der Waals surface area contributed by atoms with E-state index in [0.717, 1.165) is 17.7 Å². The average Bonchev–Trinajstić information content (AvgIpc) is 3.17. The quantitative estimate of drug-likeness (QED) is 0.720. The van der Waals surface area contributed by atoms with Crippen LogP contribution in [-0.4, -0.2) is 30.0 Å². The Morgan fingerprint density at radius 2 is 2.00 bits per heavy atom. The number of benzene rings is 1. The molecule has 2 heterocycles. The molecule has 0 aliphatic rings. The van der Waals surface area contributed by atoms with Crippen molar-refractivity contribution in [1.29, 1.82) is 5.26 Å². The van der Waals surface area contributed by atoms with Crippen LogP contribution < -0.4 is 0 Å². The van der Waals surface area contributed by atoms with Crippen LogP contribution in [0.5, 0.6) is 0 Å². The predicted molar refractivity (Wildman–Crippen MR) is 84.1 cm³/mol. The first-order valence-corrected chi connectivity index (χ1v) is 7.43. The van der Waals surface area contributed by atoms with Crippen molar-refractivity contribution >= 4 is 0 Å². The van der Waals surface area contributed by atoms with Crippen LogP contribution in [0.1, 0.15) is 25.0 Å². The van der Waals surface area contributed by atoms with Gasteiger partial charge >= 0.3 is 0 Å². The molecule has 116 valence electrons. The number of hydrogen-bond donors (Lipinski definition) is 0. The molecule has 3 rings (SSSR count). The Balaban J connectivity index is 1.72. The fourth-order valence-electron chi connectivity index (χ4n) is 2.23. The van der Waals surface area contributed by atoms with Gasteiger partial charge in [-0.2, -0.15) is 15.2 Å². The minimum atomic E-state index is 0.513. The summed E-state index contributed by atoms with van der Waals surface area (Å²) in [6.45, 7) is 5.67. The number of aromatic nitrogens is 6. The van der Waals surface area contributed by atoms with Crippen LogP contribution in [0.25, 0.3) is 11.4 Å². The summed E-state index contributed by atoms with van der Waals surface area (Å²) >= 11 is 0. The van der Waals surface area contributed by atoms with E-state index >= 15 is 0 Å². The third-order valence-electron chi connectivity index (χ3n) is 3.30. The molecular formula is C16H17N7. The number of rotatable bonds is 5. The topological polar surface area (TPSA) is 85.2 Å². The minimum absolute atomic E-state index is 0.513. The molecule has 7 nitrogen and oxygen atoms in total. The molecule has 7 heteroatoms. The lowest BCUT2D eigenvalue weighted by atomic mass is 10.1. The van der Waals surface area contributed by atoms with Gasteiger partial charge in [-0.3, -0.25) is 4.68 Å². The monoisotopic (exact) mass is 307 g/mol. The summed E-state index contributed by atoms with van der Waals surface area (Å²) in [6.07, 6.45) is 3.69. The maximum Gasteiger partial charge on any atom is 0.208 e. The van der Waals surface area contributed by atoms with Gasteiger partial charge in [-0.25, -0.2) is 0 Å². The van der Waals surface area contributed by atoms with Crippen LogP contribution in [0, 0.1) is 17.2 Å². The maximum absolute atomic E-state index is 8.81. The Kier molecular flexibility index (Phi) is 4.15. The van der Waals surface area contributed by atoms with Crippen molar-refractivity contribution in [3.63, 3.8) is 0 Å². The third-order valence-corrected chi connectivity index (χ3v) is 3.30. The predicted octanol–water partition coefficient (Wildman–Crippen LogP) is 2.11. The second-order valence-electron chi connectivity index (χ2n) is 5.80. The van der Waals surface area contributed by atoms with Crippen molar-refractivity contribution in [1.82, 2.24) is 30.0 Å². The molecule has 0 fully saturated rings. The van der Waals surface area contributed by atoms with E-state index in [1.807, 2.05) is 23.0 Å². The first-order valence-electron chi connectivity index (χ1n) is 7.43. The fourth-order valence-corrected chi connectivity index (χ4v) is 2.23. The molecule has 0 bridgehead atoms. The summed E-state index contributed by atoms with van der Waals surface area (Å²) in [7, 11) is 0. The normalized spacial score (nSPS) is 10.9. The standard InChI is InChI=1S/C16H17N7/c1-12(2)9-22-11-15(8-18-22)16-19-21-23(20-16)10-14-5-3-13(7-17)4-6-14/h3-6,8,11-12H,9-10H2,1-2H3. The summed E-state index contributed by atoms with van der Waals surface area (Å²) in [5, 5.41) is 25.7. The van der Waals surface area contributed by atoms with Crippen LogP contribution in [0.3, 0.4) is 0 Å². The molecule has 3 aromatic rings. The molecule has 0 saturated heterocycles. The zero-order chi connectivity index (χ0) is 16.2. The lowest BCUT2D eigenvalue weighted by Gasteiger charge is -2.02. The fraction of sp³-hybridized carbons (Fsp3) is 0.312. The van der Waals surface area contributed by atoms with Gasteiger partial charge < -0.3 is 0 Å². The molecular weight excluding hydrogens is 290 g/mol. The number of nitrogens with zero attached hydrogens (tertiary/aromatic N) is 7. The molecule has 0 aliphatic heterocycles. The van der Waals surface area contributed by atoms with Crippen molar-refractivity contribution in [2.45, 2.75) is 26.9 Å². The Labute approximate surface area is 134 Å². The molecule has 0 atom stereocenters. The summed E-state index contributed by atoms with van der Waals surface area (Å²) in [4.78, 5) is 1.54. The van der Waals surface area contributed by atoms with E-state index in [9.17, 15) is 0 Å². The van der Waals surface area contributed by atoms with E-state index < -0.39 is 0 Å². The molecule has 0 radical (unpaired) electrons. The lowest BCUT2D eigenvalue weighted by molar-refractivity contribution is 0.483. The highest BCUT2D eigenvalue weighted by Crippen LogP contribution is 2.13. The van der Waals surface area contributed by atoms with Crippen LogP contribution in [0.2, 0.25) is 0 Å². The van der Waals surface area contributed by atoms with Gasteiger partial charge in [0.15, 0.2) is 0 Å². The van der Waals surface area contributed by atoms with Crippen LogP contribution in [-0.2, 0) is 13.1 Å². The Morgan fingerprint density at radius 3 is 2.70 bits per heavy atom. The van der Waals surface area contributed by atoms with Crippen molar-refractivity contribution in [3.05, 3.63) is 47.8 Å².